The fourth-order valence-electron chi connectivity index (χ4n) is 2.15. The number of halogens is 4. The Bertz CT molecular complexity index is 606. The van der Waals surface area contributed by atoms with Crippen molar-refractivity contribution in [2.45, 2.75) is 31.6 Å². The van der Waals surface area contributed by atoms with Gasteiger partial charge in [0.2, 0.25) is 0 Å². The maximum absolute atomic E-state index is 13.9. The van der Waals surface area contributed by atoms with Crippen molar-refractivity contribution in [3.05, 3.63) is 53.6 Å². The molecule has 0 amide bonds. The van der Waals surface area contributed by atoms with E-state index in [0.29, 0.717) is 6.42 Å². The molecular weight excluding hydrogens is 286 g/mol. The van der Waals surface area contributed by atoms with Gasteiger partial charge in [0.1, 0.15) is 5.82 Å². The molecule has 0 saturated carbocycles. The largest absolute Gasteiger partial charge is 0.435 e. The van der Waals surface area contributed by atoms with Crippen LogP contribution in [0, 0.1) is 5.82 Å². The Morgan fingerprint density at radius 1 is 1.24 bits per heavy atom. The lowest BCUT2D eigenvalue weighted by atomic mass is 9.98. The summed E-state index contributed by atoms with van der Waals surface area (Å²) in [6.45, 7) is 1.78. The second-order valence-corrected chi connectivity index (χ2v) is 4.72. The van der Waals surface area contributed by atoms with Crippen LogP contribution in [0.1, 0.15) is 30.6 Å². The highest BCUT2D eigenvalue weighted by molar-refractivity contribution is 5.24. The van der Waals surface area contributed by atoms with Gasteiger partial charge in [0.25, 0.3) is 0 Å². The van der Waals surface area contributed by atoms with Gasteiger partial charge in [0.05, 0.1) is 6.04 Å². The zero-order valence-electron chi connectivity index (χ0n) is 11.3. The van der Waals surface area contributed by atoms with E-state index in [9.17, 15) is 17.6 Å². The molecule has 1 aromatic heterocycles. The number of benzene rings is 1. The molecule has 0 bridgehead atoms. The third-order valence-electron chi connectivity index (χ3n) is 3.28. The molecule has 0 aliphatic heterocycles. The summed E-state index contributed by atoms with van der Waals surface area (Å²) in [5.41, 5.74) is 5.16. The van der Waals surface area contributed by atoms with Gasteiger partial charge >= 0.3 is 6.18 Å². The van der Waals surface area contributed by atoms with Crippen molar-refractivity contribution in [1.82, 2.24) is 9.78 Å². The second kappa shape index (κ2) is 5.85. The first kappa shape index (κ1) is 15.5. The van der Waals surface area contributed by atoms with Gasteiger partial charge in [-0.3, -0.25) is 4.68 Å². The lowest BCUT2D eigenvalue weighted by Crippen LogP contribution is -2.33. The Balaban J connectivity index is 2.47. The van der Waals surface area contributed by atoms with Crippen molar-refractivity contribution < 1.29 is 17.6 Å². The molecule has 0 spiro atoms. The molecule has 2 aromatic rings. The van der Waals surface area contributed by atoms with E-state index in [-0.39, 0.29) is 5.56 Å². The van der Waals surface area contributed by atoms with E-state index in [1.807, 2.05) is 0 Å². The van der Waals surface area contributed by atoms with Crippen LogP contribution in [0.4, 0.5) is 17.6 Å². The quantitative estimate of drug-likeness (QED) is 0.880. The van der Waals surface area contributed by atoms with Crippen molar-refractivity contribution in [1.29, 1.82) is 0 Å². The van der Waals surface area contributed by atoms with Crippen LogP contribution >= 0.6 is 0 Å². The van der Waals surface area contributed by atoms with Crippen molar-refractivity contribution in [2.24, 2.45) is 5.73 Å². The van der Waals surface area contributed by atoms with Crippen molar-refractivity contribution in [2.75, 3.05) is 0 Å². The van der Waals surface area contributed by atoms with E-state index in [2.05, 4.69) is 5.10 Å². The van der Waals surface area contributed by atoms with Gasteiger partial charge in [-0.05, 0) is 18.6 Å². The molecule has 0 saturated heterocycles. The number of alkyl halides is 3. The molecule has 0 fully saturated rings. The predicted molar refractivity (Wildman–Crippen MR) is 70.0 cm³/mol. The SMILES string of the molecule is CCC(N)C(c1ccccc1F)n1ccc(C(F)(F)F)n1. The summed E-state index contributed by atoms with van der Waals surface area (Å²) >= 11 is 0. The summed E-state index contributed by atoms with van der Waals surface area (Å²) in [6.07, 6.45) is -2.89. The minimum atomic E-state index is -4.54. The molecule has 2 atom stereocenters. The molecule has 21 heavy (non-hydrogen) atoms. The summed E-state index contributed by atoms with van der Waals surface area (Å²) in [6, 6.07) is 5.40. The number of rotatable bonds is 4. The average Bonchev–Trinajstić information content (AvgIpc) is 2.90. The van der Waals surface area contributed by atoms with Crippen LogP contribution in [0.3, 0.4) is 0 Å². The number of hydrogen-bond acceptors (Lipinski definition) is 2. The molecule has 0 aliphatic rings. The Labute approximate surface area is 119 Å². The minimum Gasteiger partial charge on any atom is -0.326 e. The monoisotopic (exact) mass is 301 g/mol. The maximum atomic E-state index is 13.9. The highest BCUT2D eigenvalue weighted by Crippen LogP contribution is 2.30. The van der Waals surface area contributed by atoms with E-state index in [4.69, 9.17) is 5.73 Å². The van der Waals surface area contributed by atoms with Crippen molar-refractivity contribution >= 4 is 0 Å². The third kappa shape index (κ3) is 3.24. The zero-order valence-corrected chi connectivity index (χ0v) is 11.3. The molecule has 1 aromatic carbocycles. The van der Waals surface area contributed by atoms with E-state index in [1.54, 1.807) is 13.0 Å². The lowest BCUT2D eigenvalue weighted by Gasteiger charge is -2.24. The molecule has 0 aliphatic carbocycles. The van der Waals surface area contributed by atoms with Gasteiger partial charge < -0.3 is 5.73 Å². The van der Waals surface area contributed by atoms with E-state index >= 15 is 0 Å². The smallest absolute Gasteiger partial charge is 0.326 e. The molecule has 1 heterocycles. The fraction of sp³-hybridized carbons (Fsp3) is 0.357. The number of nitrogens with zero attached hydrogens (tertiary/aromatic N) is 2. The molecule has 2 N–H and O–H groups in total. The van der Waals surface area contributed by atoms with E-state index in [1.165, 1.54) is 24.4 Å². The summed E-state index contributed by atoms with van der Waals surface area (Å²) in [4.78, 5) is 0. The summed E-state index contributed by atoms with van der Waals surface area (Å²) in [5.74, 6) is -0.518. The lowest BCUT2D eigenvalue weighted by molar-refractivity contribution is -0.141. The van der Waals surface area contributed by atoms with Gasteiger partial charge in [-0.2, -0.15) is 18.3 Å². The van der Waals surface area contributed by atoms with E-state index in [0.717, 1.165) is 10.7 Å². The standard InChI is InChI=1S/C14H15F4N3/c1-2-11(19)13(9-5-3-4-6-10(9)15)21-8-7-12(20-21)14(16,17)18/h3-8,11,13H,2,19H2,1H3. The van der Waals surface area contributed by atoms with E-state index < -0.39 is 29.8 Å². The molecule has 2 unspecified atom stereocenters. The molecule has 0 radical (unpaired) electrons. The Kier molecular flexibility index (Phi) is 4.32. The Morgan fingerprint density at radius 3 is 2.43 bits per heavy atom. The Hall–Kier alpha value is -1.89. The molecule has 7 heteroatoms. The number of aromatic nitrogens is 2. The van der Waals surface area contributed by atoms with Crippen LogP contribution in [0.5, 0.6) is 0 Å². The molecule has 114 valence electrons. The second-order valence-electron chi connectivity index (χ2n) is 4.72. The Morgan fingerprint density at radius 2 is 1.90 bits per heavy atom. The van der Waals surface area contributed by atoms with Gasteiger partial charge in [-0.15, -0.1) is 0 Å². The van der Waals surface area contributed by atoms with Gasteiger partial charge in [0.15, 0.2) is 5.69 Å². The summed E-state index contributed by atoms with van der Waals surface area (Å²) in [5, 5.41) is 3.51. The van der Waals surface area contributed by atoms with Gasteiger partial charge in [0, 0.05) is 17.8 Å². The first-order valence-electron chi connectivity index (χ1n) is 6.47. The molecular formula is C14H15F4N3. The topological polar surface area (TPSA) is 43.8 Å². The average molecular weight is 301 g/mol. The zero-order chi connectivity index (χ0) is 15.6. The first-order valence-corrected chi connectivity index (χ1v) is 6.47. The van der Waals surface area contributed by atoms with Crippen LogP contribution in [-0.4, -0.2) is 15.8 Å². The van der Waals surface area contributed by atoms with Crippen LogP contribution in [-0.2, 0) is 6.18 Å². The van der Waals surface area contributed by atoms with Crippen LogP contribution in [0.2, 0.25) is 0 Å². The van der Waals surface area contributed by atoms with Crippen LogP contribution in [0.25, 0.3) is 0 Å². The molecule has 3 nitrogen and oxygen atoms in total. The van der Waals surface area contributed by atoms with Crippen LogP contribution in [0.15, 0.2) is 36.5 Å². The summed E-state index contributed by atoms with van der Waals surface area (Å²) in [7, 11) is 0. The van der Waals surface area contributed by atoms with Crippen molar-refractivity contribution in [3.8, 4) is 0 Å². The summed E-state index contributed by atoms with van der Waals surface area (Å²) < 4.78 is 53.0. The molecule has 2 rings (SSSR count). The maximum Gasteiger partial charge on any atom is 0.435 e. The van der Waals surface area contributed by atoms with Gasteiger partial charge in [-0.1, -0.05) is 25.1 Å². The van der Waals surface area contributed by atoms with Gasteiger partial charge in [-0.25, -0.2) is 4.39 Å². The third-order valence-corrected chi connectivity index (χ3v) is 3.28. The predicted octanol–water partition coefficient (Wildman–Crippen LogP) is 3.37. The fourth-order valence-corrected chi connectivity index (χ4v) is 2.15. The first-order chi connectivity index (χ1) is 9.84. The van der Waals surface area contributed by atoms with Crippen molar-refractivity contribution in [3.63, 3.8) is 0 Å². The number of hydrogen-bond donors (Lipinski definition) is 1. The minimum absolute atomic E-state index is 0.226. The normalized spacial score (nSPS) is 15.0. The number of nitrogens with two attached hydrogens (primary N) is 1. The van der Waals surface area contributed by atoms with Crippen LogP contribution < -0.4 is 5.73 Å². The highest BCUT2D eigenvalue weighted by Gasteiger charge is 2.35. The highest BCUT2D eigenvalue weighted by atomic mass is 19.4.